The second-order valence-electron chi connectivity index (χ2n) is 9.13. The summed E-state index contributed by atoms with van der Waals surface area (Å²) in [5, 5.41) is 0.0926. The van der Waals surface area contributed by atoms with Gasteiger partial charge in [0.05, 0.1) is 15.5 Å². The van der Waals surface area contributed by atoms with Crippen LogP contribution in [0.1, 0.15) is 48.9 Å². The summed E-state index contributed by atoms with van der Waals surface area (Å²) in [6.45, 7) is -0.286. The Balaban J connectivity index is 1.47. The highest BCUT2D eigenvalue weighted by Crippen LogP contribution is 2.60. The summed E-state index contributed by atoms with van der Waals surface area (Å²) in [7, 11) is -0.894. The SMILES string of the molecule is CN(C)S(=O)(=O)c1ccc(Cl)c(C(=O)OCC(=O)C23CC4CC(CC(C4)C2)C3)c1. The smallest absolute Gasteiger partial charge is 0.340 e. The number of carbonyl (C=O) groups excluding carboxylic acids is 2. The molecule has 4 aliphatic carbocycles. The fourth-order valence-electron chi connectivity index (χ4n) is 5.85. The third-order valence-corrected chi connectivity index (χ3v) is 9.04. The molecule has 29 heavy (non-hydrogen) atoms. The van der Waals surface area contributed by atoms with Gasteiger partial charge in [-0.3, -0.25) is 4.79 Å². The Morgan fingerprint density at radius 1 is 1.10 bits per heavy atom. The van der Waals surface area contributed by atoms with Crippen molar-refractivity contribution in [2.24, 2.45) is 23.2 Å². The molecule has 8 heteroatoms. The zero-order valence-electron chi connectivity index (χ0n) is 16.7. The van der Waals surface area contributed by atoms with E-state index in [0.717, 1.165) is 23.6 Å². The Kier molecular flexibility index (Phi) is 5.28. The Bertz CT molecular complexity index is 921. The summed E-state index contributed by atoms with van der Waals surface area (Å²) in [6, 6.07) is 3.90. The predicted molar refractivity (Wildman–Crippen MR) is 108 cm³/mol. The lowest BCUT2D eigenvalue weighted by Crippen LogP contribution is -2.51. The second kappa shape index (κ2) is 7.36. The van der Waals surface area contributed by atoms with Gasteiger partial charge in [-0.15, -0.1) is 0 Å². The maximum atomic E-state index is 13.0. The molecule has 4 fully saturated rings. The number of carbonyl (C=O) groups is 2. The minimum atomic E-state index is -3.71. The molecule has 0 aromatic heterocycles. The van der Waals surface area contributed by atoms with Gasteiger partial charge >= 0.3 is 5.97 Å². The van der Waals surface area contributed by atoms with Gasteiger partial charge in [0.15, 0.2) is 12.4 Å². The highest BCUT2D eigenvalue weighted by Gasteiger charge is 2.54. The van der Waals surface area contributed by atoms with Crippen molar-refractivity contribution in [1.82, 2.24) is 4.31 Å². The van der Waals surface area contributed by atoms with E-state index in [1.165, 1.54) is 51.6 Å². The Labute approximate surface area is 176 Å². The number of nitrogens with zero attached hydrogens (tertiary/aromatic N) is 1. The van der Waals surface area contributed by atoms with Crippen LogP contribution in [-0.4, -0.2) is 45.2 Å². The molecule has 0 N–H and O–H groups in total. The van der Waals surface area contributed by atoms with Crippen LogP contribution >= 0.6 is 11.6 Å². The van der Waals surface area contributed by atoms with E-state index >= 15 is 0 Å². The minimum Gasteiger partial charge on any atom is -0.454 e. The van der Waals surface area contributed by atoms with Crippen LogP contribution in [0.25, 0.3) is 0 Å². The van der Waals surface area contributed by atoms with Crippen molar-refractivity contribution in [2.75, 3.05) is 20.7 Å². The monoisotopic (exact) mass is 439 g/mol. The van der Waals surface area contributed by atoms with E-state index in [-0.39, 0.29) is 33.3 Å². The van der Waals surface area contributed by atoms with Gasteiger partial charge in [-0.2, -0.15) is 0 Å². The van der Waals surface area contributed by atoms with Gasteiger partial charge in [0.25, 0.3) is 0 Å². The number of ether oxygens (including phenoxy) is 1. The standard InChI is InChI=1S/C21H26ClNO5S/c1-23(2)29(26,27)16-3-4-18(22)17(8-16)20(25)28-12-19(24)21-9-13-5-14(10-21)7-15(6-13)11-21/h3-4,8,13-15H,5-7,9-12H2,1-2H3. The first-order valence-electron chi connectivity index (χ1n) is 10.0. The molecule has 6 nitrogen and oxygen atoms in total. The number of hydrogen-bond acceptors (Lipinski definition) is 5. The molecule has 5 rings (SSSR count). The Morgan fingerprint density at radius 2 is 1.66 bits per heavy atom. The predicted octanol–water partition coefficient (Wildman–Crippen LogP) is 3.53. The maximum absolute atomic E-state index is 13.0. The summed E-state index contributed by atoms with van der Waals surface area (Å²) in [6.07, 6.45) is 6.42. The van der Waals surface area contributed by atoms with Gasteiger partial charge in [-0.25, -0.2) is 17.5 Å². The quantitative estimate of drug-likeness (QED) is 0.633. The molecule has 0 saturated heterocycles. The van der Waals surface area contributed by atoms with E-state index in [0.29, 0.717) is 17.8 Å². The molecular weight excluding hydrogens is 414 g/mol. The van der Waals surface area contributed by atoms with Crippen molar-refractivity contribution >= 4 is 33.4 Å². The molecule has 0 amide bonds. The van der Waals surface area contributed by atoms with Crippen molar-refractivity contribution in [2.45, 2.75) is 43.4 Å². The third-order valence-electron chi connectivity index (χ3n) is 6.90. The molecule has 4 bridgehead atoms. The van der Waals surface area contributed by atoms with E-state index in [1.54, 1.807) is 0 Å². The van der Waals surface area contributed by atoms with E-state index < -0.39 is 16.0 Å². The molecule has 4 saturated carbocycles. The number of benzene rings is 1. The molecule has 4 aliphatic rings. The average Bonchev–Trinajstić information content (AvgIpc) is 2.64. The lowest BCUT2D eigenvalue weighted by molar-refractivity contribution is -0.147. The zero-order chi connectivity index (χ0) is 21.0. The van der Waals surface area contributed by atoms with Crippen LogP contribution in [0.15, 0.2) is 23.1 Å². The number of Topliss-reactive ketones (excluding diaryl/α,β-unsaturated/α-hetero) is 1. The van der Waals surface area contributed by atoms with Crippen LogP contribution in [0.3, 0.4) is 0 Å². The van der Waals surface area contributed by atoms with E-state index in [2.05, 4.69) is 0 Å². The van der Waals surface area contributed by atoms with Crippen LogP contribution in [0, 0.1) is 23.2 Å². The Morgan fingerprint density at radius 3 is 2.17 bits per heavy atom. The van der Waals surface area contributed by atoms with Crippen LogP contribution in [-0.2, 0) is 19.6 Å². The number of ketones is 1. The van der Waals surface area contributed by atoms with Gasteiger partial charge in [0.2, 0.25) is 10.0 Å². The van der Waals surface area contributed by atoms with Gasteiger partial charge in [-0.05, 0) is 74.5 Å². The van der Waals surface area contributed by atoms with Crippen molar-refractivity contribution in [3.8, 4) is 0 Å². The van der Waals surface area contributed by atoms with Crippen LogP contribution in [0.5, 0.6) is 0 Å². The van der Waals surface area contributed by atoms with E-state index in [4.69, 9.17) is 16.3 Å². The molecule has 0 heterocycles. The van der Waals surface area contributed by atoms with Gasteiger partial charge < -0.3 is 4.74 Å². The third kappa shape index (κ3) is 3.73. The van der Waals surface area contributed by atoms with Crippen molar-refractivity contribution in [3.05, 3.63) is 28.8 Å². The summed E-state index contributed by atoms with van der Waals surface area (Å²) >= 11 is 6.10. The average molecular weight is 440 g/mol. The molecule has 1 aromatic rings. The molecule has 158 valence electrons. The molecule has 0 atom stereocenters. The molecule has 0 spiro atoms. The number of halogens is 1. The van der Waals surface area contributed by atoms with Crippen LogP contribution < -0.4 is 0 Å². The van der Waals surface area contributed by atoms with Crippen molar-refractivity contribution in [3.63, 3.8) is 0 Å². The minimum absolute atomic E-state index is 0.00172. The van der Waals surface area contributed by atoms with Gasteiger partial charge in [0.1, 0.15) is 0 Å². The zero-order valence-corrected chi connectivity index (χ0v) is 18.3. The topological polar surface area (TPSA) is 80.8 Å². The van der Waals surface area contributed by atoms with Gasteiger partial charge in [0, 0.05) is 19.5 Å². The lowest BCUT2D eigenvalue weighted by atomic mass is 9.48. The van der Waals surface area contributed by atoms with E-state index in [9.17, 15) is 18.0 Å². The largest absolute Gasteiger partial charge is 0.454 e. The summed E-state index contributed by atoms with van der Waals surface area (Å²) in [4.78, 5) is 25.5. The molecular formula is C21H26ClNO5S. The molecule has 0 radical (unpaired) electrons. The first kappa shape index (κ1) is 20.8. The number of hydrogen-bond donors (Lipinski definition) is 0. The van der Waals surface area contributed by atoms with Crippen molar-refractivity contribution in [1.29, 1.82) is 0 Å². The second-order valence-corrected chi connectivity index (χ2v) is 11.7. The summed E-state index contributed by atoms with van der Waals surface area (Å²) in [5.41, 5.74) is -0.387. The van der Waals surface area contributed by atoms with E-state index in [1.807, 2.05) is 0 Å². The number of sulfonamides is 1. The first-order chi connectivity index (χ1) is 13.6. The molecule has 0 unspecified atom stereocenters. The highest BCUT2D eigenvalue weighted by molar-refractivity contribution is 7.89. The molecule has 0 aliphatic heterocycles. The first-order valence-corrected chi connectivity index (χ1v) is 11.8. The van der Waals surface area contributed by atoms with Crippen LogP contribution in [0.2, 0.25) is 5.02 Å². The lowest BCUT2D eigenvalue weighted by Gasteiger charge is -2.55. The van der Waals surface area contributed by atoms with Gasteiger partial charge in [-0.1, -0.05) is 11.6 Å². The Hall–Kier alpha value is -1.44. The fourth-order valence-corrected chi connectivity index (χ4v) is 6.97. The highest BCUT2D eigenvalue weighted by atomic mass is 35.5. The molecule has 1 aromatic carbocycles. The van der Waals surface area contributed by atoms with Crippen molar-refractivity contribution < 1.29 is 22.7 Å². The van der Waals surface area contributed by atoms with Crippen LogP contribution in [0.4, 0.5) is 0 Å². The summed E-state index contributed by atoms with van der Waals surface area (Å²) in [5.74, 6) is 1.11. The fraction of sp³-hybridized carbons (Fsp3) is 0.619. The normalized spacial score (nSPS) is 30.6. The maximum Gasteiger partial charge on any atom is 0.340 e. The number of esters is 1. The summed E-state index contributed by atoms with van der Waals surface area (Å²) < 4.78 is 31.0. The number of rotatable bonds is 6.